The summed E-state index contributed by atoms with van der Waals surface area (Å²) in [6.45, 7) is 6.69. The Hall–Kier alpha value is -1.23. The molecular formula is C16H24BrN3O5S. The van der Waals surface area contributed by atoms with Crippen LogP contribution in [0.15, 0.2) is 3.92 Å². The zero-order valence-corrected chi connectivity index (χ0v) is 17.6. The van der Waals surface area contributed by atoms with Gasteiger partial charge in [0.05, 0.1) is 18.3 Å². The number of hydrogen-bond acceptors (Lipinski definition) is 7. The maximum atomic E-state index is 12.4. The fourth-order valence-electron chi connectivity index (χ4n) is 2.81. The van der Waals surface area contributed by atoms with Gasteiger partial charge in [-0.2, -0.15) is 0 Å². The second-order valence-electron chi connectivity index (χ2n) is 7.10. The van der Waals surface area contributed by atoms with Gasteiger partial charge >= 0.3 is 12.1 Å². The van der Waals surface area contributed by atoms with E-state index in [0.717, 1.165) is 11.3 Å². The molecule has 1 aromatic heterocycles. The summed E-state index contributed by atoms with van der Waals surface area (Å²) in [5.74, 6) is -0.996. The van der Waals surface area contributed by atoms with Crippen LogP contribution in [-0.2, 0) is 16.0 Å². The van der Waals surface area contributed by atoms with E-state index in [1.54, 1.807) is 12.0 Å². The van der Waals surface area contributed by atoms with Crippen molar-refractivity contribution in [2.75, 3.05) is 20.3 Å². The van der Waals surface area contributed by atoms with Crippen molar-refractivity contribution in [3.63, 3.8) is 0 Å². The third kappa shape index (κ3) is 5.63. The fourth-order valence-corrected chi connectivity index (χ4v) is 4.16. The summed E-state index contributed by atoms with van der Waals surface area (Å²) in [4.78, 5) is 29.8. The Bertz CT molecular complexity index is 661. The first-order chi connectivity index (χ1) is 12.1. The first-order valence-electron chi connectivity index (χ1n) is 8.21. The van der Waals surface area contributed by atoms with E-state index in [1.807, 2.05) is 20.8 Å². The van der Waals surface area contributed by atoms with E-state index in [0.29, 0.717) is 35.7 Å². The molecule has 0 aliphatic carbocycles. The lowest BCUT2D eigenvalue weighted by Crippen LogP contribution is -2.42. The molecule has 26 heavy (non-hydrogen) atoms. The molecule has 2 N–H and O–H groups in total. The lowest BCUT2D eigenvalue weighted by molar-refractivity contribution is 0.0146. The van der Waals surface area contributed by atoms with Crippen LogP contribution in [0.1, 0.15) is 42.6 Å². The number of carbonyl (C=O) groups is 2. The molecule has 0 saturated carbocycles. The van der Waals surface area contributed by atoms with Crippen LogP contribution in [0, 0.1) is 0 Å². The van der Waals surface area contributed by atoms with Crippen LogP contribution in [0.25, 0.3) is 0 Å². The monoisotopic (exact) mass is 449 g/mol. The number of nitrogens with zero attached hydrogens (tertiary/aromatic N) is 2. The third-order valence-corrected chi connectivity index (χ3v) is 5.36. The molecule has 0 radical (unpaired) electrons. The van der Waals surface area contributed by atoms with Gasteiger partial charge in [-0.15, -0.1) is 0 Å². The molecule has 1 aliphatic heterocycles. The predicted molar refractivity (Wildman–Crippen MR) is 101 cm³/mol. The summed E-state index contributed by atoms with van der Waals surface area (Å²) in [6, 6.07) is -0.0850. The van der Waals surface area contributed by atoms with Crippen LogP contribution in [0.4, 0.5) is 4.79 Å². The molecule has 146 valence electrons. The van der Waals surface area contributed by atoms with E-state index < -0.39 is 11.6 Å². The Morgan fingerprint density at radius 2 is 2.15 bits per heavy atom. The molecule has 2 heterocycles. The van der Waals surface area contributed by atoms with Crippen molar-refractivity contribution in [2.24, 2.45) is 0 Å². The second kappa shape index (κ2) is 8.64. The van der Waals surface area contributed by atoms with Gasteiger partial charge in [-0.25, -0.2) is 14.6 Å². The van der Waals surface area contributed by atoms with Gasteiger partial charge in [0.25, 0.3) is 0 Å². The number of rotatable bonds is 6. The van der Waals surface area contributed by atoms with E-state index in [9.17, 15) is 14.7 Å². The summed E-state index contributed by atoms with van der Waals surface area (Å²) in [5.41, 5.74) is -0.0860. The van der Waals surface area contributed by atoms with Gasteiger partial charge in [-0.05, 0) is 43.1 Å². The molecule has 0 spiro atoms. The molecule has 0 unspecified atom stereocenters. The molecule has 1 saturated heterocycles. The van der Waals surface area contributed by atoms with Gasteiger partial charge in [0, 0.05) is 26.2 Å². The minimum atomic E-state index is -0.996. The van der Waals surface area contributed by atoms with Gasteiger partial charge in [-0.3, -0.25) is 0 Å². The van der Waals surface area contributed by atoms with E-state index in [4.69, 9.17) is 9.47 Å². The van der Waals surface area contributed by atoms with Crippen molar-refractivity contribution in [3.05, 3.63) is 14.5 Å². The van der Waals surface area contributed by atoms with Crippen molar-refractivity contribution >= 4 is 39.3 Å². The summed E-state index contributed by atoms with van der Waals surface area (Å²) >= 11 is 4.31. The van der Waals surface area contributed by atoms with E-state index in [1.165, 1.54) is 0 Å². The van der Waals surface area contributed by atoms with Crippen LogP contribution < -0.4 is 5.32 Å². The molecule has 0 aromatic carbocycles. The number of thiazole rings is 1. The molecule has 1 aromatic rings. The third-order valence-electron chi connectivity index (χ3n) is 3.83. The number of carboxylic acids is 1. The summed E-state index contributed by atoms with van der Waals surface area (Å²) in [7, 11) is 1.60. The van der Waals surface area contributed by atoms with Crippen LogP contribution >= 0.6 is 27.3 Å². The van der Waals surface area contributed by atoms with Crippen LogP contribution in [0.5, 0.6) is 0 Å². The molecule has 2 rings (SSSR count). The number of methoxy groups -OCH3 is 1. The standard InChI is InChI=1S/C16H24BrN3O5S/c1-16(2,3)25-15(23)20-7-9(5-10(20)8-24-4)18-6-11-12(13(21)22)26-14(17)19-11/h9-10,18H,5-8H2,1-4H3,(H,21,22)/t9-,10+/m1/s1. The Balaban J connectivity index is 2.01. The highest BCUT2D eigenvalue weighted by molar-refractivity contribution is 9.11. The number of likely N-dealkylation sites (tertiary alicyclic amines) is 1. The minimum Gasteiger partial charge on any atom is -0.477 e. The Morgan fingerprint density at radius 1 is 1.46 bits per heavy atom. The number of aromatic nitrogens is 1. The number of aromatic carboxylic acids is 1. The highest BCUT2D eigenvalue weighted by Gasteiger charge is 2.37. The summed E-state index contributed by atoms with van der Waals surface area (Å²) in [6.07, 6.45) is 0.326. The second-order valence-corrected chi connectivity index (χ2v) is 9.38. The van der Waals surface area contributed by atoms with Crippen molar-refractivity contribution in [1.29, 1.82) is 0 Å². The summed E-state index contributed by atoms with van der Waals surface area (Å²) in [5, 5.41) is 12.5. The van der Waals surface area contributed by atoms with Gasteiger partial charge in [0.1, 0.15) is 10.5 Å². The lowest BCUT2D eigenvalue weighted by Gasteiger charge is -2.28. The zero-order chi connectivity index (χ0) is 19.5. The van der Waals surface area contributed by atoms with Crippen LogP contribution in [0.3, 0.4) is 0 Å². The predicted octanol–water partition coefficient (Wildman–Crippen LogP) is 2.72. The molecule has 10 heteroatoms. The van der Waals surface area contributed by atoms with E-state index in [-0.39, 0.29) is 23.1 Å². The number of carboxylic acid groups (broad SMARTS) is 1. The molecule has 2 atom stereocenters. The smallest absolute Gasteiger partial charge is 0.410 e. The number of nitrogens with one attached hydrogen (secondary N) is 1. The maximum absolute atomic E-state index is 12.4. The molecule has 1 fully saturated rings. The Labute approximate surface area is 165 Å². The zero-order valence-electron chi connectivity index (χ0n) is 15.2. The van der Waals surface area contributed by atoms with Crippen molar-refractivity contribution in [2.45, 2.75) is 51.4 Å². The maximum Gasteiger partial charge on any atom is 0.410 e. The normalized spacial score (nSPS) is 20.4. The topological polar surface area (TPSA) is 101 Å². The average Bonchev–Trinajstić information content (AvgIpc) is 3.07. The Morgan fingerprint density at radius 3 is 2.73 bits per heavy atom. The van der Waals surface area contributed by atoms with E-state index in [2.05, 4.69) is 26.2 Å². The van der Waals surface area contributed by atoms with Crippen molar-refractivity contribution in [1.82, 2.24) is 15.2 Å². The fraction of sp³-hybridized carbons (Fsp3) is 0.688. The molecule has 0 bridgehead atoms. The van der Waals surface area contributed by atoms with Crippen LogP contribution in [-0.4, -0.2) is 65.0 Å². The highest BCUT2D eigenvalue weighted by atomic mass is 79.9. The highest BCUT2D eigenvalue weighted by Crippen LogP contribution is 2.25. The number of ether oxygens (including phenoxy) is 2. The molecule has 8 nitrogen and oxygen atoms in total. The minimum absolute atomic E-state index is 0.00443. The first-order valence-corrected chi connectivity index (χ1v) is 9.82. The number of amides is 1. The lowest BCUT2D eigenvalue weighted by atomic mass is 10.2. The molecule has 1 aliphatic rings. The van der Waals surface area contributed by atoms with Gasteiger partial charge in [0.2, 0.25) is 0 Å². The first kappa shape index (κ1) is 21.1. The van der Waals surface area contributed by atoms with Crippen molar-refractivity contribution < 1.29 is 24.2 Å². The van der Waals surface area contributed by atoms with Gasteiger partial charge < -0.3 is 24.8 Å². The van der Waals surface area contributed by atoms with Gasteiger partial charge in [-0.1, -0.05) is 11.3 Å². The largest absolute Gasteiger partial charge is 0.477 e. The SMILES string of the molecule is COC[C@@H]1C[C@@H](NCc2nc(Br)sc2C(=O)O)CN1C(=O)OC(C)(C)C. The van der Waals surface area contributed by atoms with Crippen LogP contribution in [0.2, 0.25) is 0 Å². The van der Waals surface area contributed by atoms with Crippen molar-refractivity contribution in [3.8, 4) is 0 Å². The number of hydrogen-bond donors (Lipinski definition) is 2. The summed E-state index contributed by atoms with van der Waals surface area (Å²) < 4.78 is 11.2. The number of carbonyl (C=O) groups excluding carboxylic acids is 1. The quantitative estimate of drug-likeness (QED) is 0.687. The number of halogens is 1. The molecule has 1 amide bonds. The molecular weight excluding hydrogens is 426 g/mol. The van der Waals surface area contributed by atoms with Gasteiger partial charge in [0.15, 0.2) is 3.92 Å². The van der Waals surface area contributed by atoms with E-state index >= 15 is 0 Å². The Kier molecular flexibility index (Phi) is 7.00. The average molecular weight is 450 g/mol.